The number of anilines is 1. The molecule has 0 aliphatic heterocycles. The molecular formula is C25H26FN3O4S. The van der Waals surface area contributed by atoms with Crippen LogP contribution in [0.4, 0.5) is 10.1 Å². The Kier molecular flexibility index (Phi) is 8.01. The lowest BCUT2D eigenvalue weighted by atomic mass is 10.1. The minimum absolute atomic E-state index is 0.0129. The summed E-state index contributed by atoms with van der Waals surface area (Å²) in [6, 6.07) is 20.8. The summed E-state index contributed by atoms with van der Waals surface area (Å²) in [6.07, 6.45) is 0. The zero-order chi connectivity index (χ0) is 24.7. The minimum Gasteiger partial charge on any atom is -0.357 e. The molecule has 1 atom stereocenters. The highest BCUT2D eigenvalue weighted by Gasteiger charge is 2.32. The van der Waals surface area contributed by atoms with Crippen LogP contribution in [0.5, 0.6) is 0 Å². The molecule has 0 radical (unpaired) electrons. The van der Waals surface area contributed by atoms with Crippen molar-refractivity contribution in [3.63, 3.8) is 0 Å². The average molecular weight is 484 g/mol. The molecular weight excluding hydrogens is 457 g/mol. The molecule has 0 unspecified atom stereocenters. The average Bonchev–Trinajstić information content (AvgIpc) is 2.86. The first-order chi connectivity index (χ1) is 16.2. The van der Waals surface area contributed by atoms with Crippen molar-refractivity contribution in [2.45, 2.75) is 24.4 Å². The van der Waals surface area contributed by atoms with Crippen molar-refractivity contribution >= 4 is 27.5 Å². The van der Waals surface area contributed by atoms with Crippen molar-refractivity contribution in [3.05, 3.63) is 96.3 Å². The van der Waals surface area contributed by atoms with Gasteiger partial charge < -0.3 is 10.2 Å². The number of benzene rings is 3. The summed E-state index contributed by atoms with van der Waals surface area (Å²) in [7, 11) is -2.69. The van der Waals surface area contributed by atoms with Crippen molar-refractivity contribution in [2.24, 2.45) is 0 Å². The Bertz CT molecular complexity index is 1220. The Labute approximate surface area is 198 Å². The number of hydrogen-bond acceptors (Lipinski definition) is 4. The molecule has 0 aliphatic rings. The molecule has 0 saturated carbocycles. The van der Waals surface area contributed by atoms with Gasteiger partial charge in [0.05, 0.1) is 10.6 Å². The van der Waals surface area contributed by atoms with Gasteiger partial charge in [0.25, 0.3) is 10.0 Å². The van der Waals surface area contributed by atoms with Crippen LogP contribution >= 0.6 is 0 Å². The van der Waals surface area contributed by atoms with Crippen molar-refractivity contribution in [1.82, 2.24) is 10.2 Å². The van der Waals surface area contributed by atoms with Crippen LogP contribution in [-0.2, 0) is 26.2 Å². The molecule has 3 aromatic carbocycles. The molecule has 3 rings (SSSR count). The summed E-state index contributed by atoms with van der Waals surface area (Å²) in [5.41, 5.74) is 0.914. The SMILES string of the molecule is CNC(=O)[C@H](C)N(Cc1ccccc1)C(=O)CN(c1ccc(F)cc1)S(=O)(=O)c1ccccc1. The summed E-state index contributed by atoms with van der Waals surface area (Å²) in [4.78, 5) is 27.2. The van der Waals surface area contributed by atoms with E-state index in [-0.39, 0.29) is 23.0 Å². The predicted molar refractivity (Wildman–Crippen MR) is 128 cm³/mol. The van der Waals surface area contributed by atoms with Gasteiger partial charge in [-0.1, -0.05) is 48.5 Å². The van der Waals surface area contributed by atoms with E-state index in [9.17, 15) is 22.4 Å². The number of hydrogen-bond donors (Lipinski definition) is 1. The molecule has 0 fully saturated rings. The maximum absolute atomic E-state index is 13.5. The van der Waals surface area contributed by atoms with Crippen molar-refractivity contribution in [3.8, 4) is 0 Å². The number of amides is 2. The highest BCUT2D eigenvalue weighted by atomic mass is 32.2. The van der Waals surface area contributed by atoms with Gasteiger partial charge in [-0.3, -0.25) is 13.9 Å². The van der Waals surface area contributed by atoms with Crippen LogP contribution in [0.3, 0.4) is 0 Å². The third kappa shape index (κ3) is 5.79. The van der Waals surface area contributed by atoms with Crippen LogP contribution in [0, 0.1) is 5.82 Å². The van der Waals surface area contributed by atoms with E-state index in [0.29, 0.717) is 0 Å². The van der Waals surface area contributed by atoms with Gasteiger partial charge in [0, 0.05) is 13.6 Å². The lowest BCUT2D eigenvalue weighted by Gasteiger charge is -2.31. The molecule has 9 heteroatoms. The van der Waals surface area contributed by atoms with E-state index in [1.54, 1.807) is 25.1 Å². The standard InChI is InChI=1S/C25H26FN3O4S/c1-19(25(31)27-2)28(17-20-9-5-3-6-10-20)24(30)18-29(22-15-13-21(26)14-16-22)34(32,33)23-11-7-4-8-12-23/h3-16,19H,17-18H2,1-2H3,(H,27,31)/t19-/m0/s1. The summed E-state index contributed by atoms with van der Waals surface area (Å²) >= 11 is 0. The summed E-state index contributed by atoms with van der Waals surface area (Å²) in [5, 5.41) is 2.53. The van der Waals surface area contributed by atoms with Crippen LogP contribution in [0.25, 0.3) is 0 Å². The lowest BCUT2D eigenvalue weighted by Crippen LogP contribution is -2.50. The summed E-state index contributed by atoms with van der Waals surface area (Å²) < 4.78 is 41.4. The third-order valence-corrected chi connectivity index (χ3v) is 7.12. The first-order valence-electron chi connectivity index (χ1n) is 10.6. The topological polar surface area (TPSA) is 86.8 Å². The predicted octanol–water partition coefficient (Wildman–Crippen LogP) is 3.18. The second-order valence-corrected chi connectivity index (χ2v) is 9.46. The first kappa shape index (κ1) is 24.9. The maximum atomic E-state index is 13.5. The molecule has 0 aliphatic carbocycles. The first-order valence-corrected chi connectivity index (χ1v) is 12.1. The minimum atomic E-state index is -4.16. The Morgan fingerprint density at radius 1 is 0.912 bits per heavy atom. The largest absolute Gasteiger partial charge is 0.357 e. The molecule has 3 aromatic rings. The number of halogens is 1. The fourth-order valence-electron chi connectivity index (χ4n) is 3.43. The van der Waals surface area contributed by atoms with E-state index in [1.165, 1.54) is 36.2 Å². The summed E-state index contributed by atoms with van der Waals surface area (Å²) in [6.45, 7) is 1.11. The Hall–Kier alpha value is -3.72. The van der Waals surface area contributed by atoms with Crippen molar-refractivity contribution in [1.29, 1.82) is 0 Å². The van der Waals surface area contributed by atoms with E-state index < -0.39 is 34.3 Å². The van der Waals surface area contributed by atoms with Crippen LogP contribution in [0.2, 0.25) is 0 Å². The zero-order valence-corrected chi connectivity index (χ0v) is 19.7. The molecule has 0 spiro atoms. The molecule has 7 nitrogen and oxygen atoms in total. The second-order valence-electron chi connectivity index (χ2n) is 7.60. The van der Waals surface area contributed by atoms with Gasteiger partial charge in [0.2, 0.25) is 11.8 Å². The monoisotopic (exact) mass is 483 g/mol. The lowest BCUT2D eigenvalue weighted by molar-refractivity contribution is -0.139. The quantitative estimate of drug-likeness (QED) is 0.507. The van der Waals surface area contributed by atoms with Crippen molar-refractivity contribution < 1.29 is 22.4 Å². The number of nitrogens with zero attached hydrogens (tertiary/aromatic N) is 2. The number of carbonyl (C=O) groups excluding carboxylic acids is 2. The van der Waals surface area contributed by atoms with Crippen LogP contribution in [0.15, 0.2) is 89.8 Å². The molecule has 34 heavy (non-hydrogen) atoms. The van der Waals surface area contributed by atoms with Crippen molar-refractivity contribution in [2.75, 3.05) is 17.9 Å². The third-order valence-electron chi connectivity index (χ3n) is 5.33. The van der Waals surface area contributed by atoms with Gasteiger partial charge >= 0.3 is 0 Å². The fourth-order valence-corrected chi connectivity index (χ4v) is 4.86. The fraction of sp³-hybridized carbons (Fsp3) is 0.200. The van der Waals surface area contributed by atoms with Crippen LogP contribution in [0.1, 0.15) is 12.5 Å². The van der Waals surface area contributed by atoms with E-state index >= 15 is 0 Å². The van der Waals surface area contributed by atoms with Crippen LogP contribution < -0.4 is 9.62 Å². The van der Waals surface area contributed by atoms with E-state index in [1.807, 2.05) is 30.3 Å². The molecule has 2 amide bonds. The van der Waals surface area contributed by atoms with E-state index in [2.05, 4.69) is 5.32 Å². The summed E-state index contributed by atoms with van der Waals surface area (Å²) in [5.74, 6) is -1.50. The van der Waals surface area contributed by atoms with Gasteiger partial charge in [-0.2, -0.15) is 0 Å². The normalized spacial score (nSPS) is 12.0. The highest BCUT2D eigenvalue weighted by molar-refractivity contribution is 7.92. The number of nitrogens with one attached hydrogen (secondary N) is 1. The van der Waals surface area contributed by atoms with E-state index in [0.717, 1.165) is 22.0 Å². The Morgan fingerprint density at radius 3 is 2.03 bits per heavy atom. The van der Waals surface area contributed by atoms with Gasteiger partial charge in [0.15, 0.2) is 0 Å². The van der Waals surface area contributed by atoms with Crippen LogP contribution in [-0.4, -0.2) is 44.8 Å². The molecule has 0 aromatic heterocycles. The van der Waals surface area contributed by atoms with E-state index in [4.69, 9.17) is 0 Å². The second kappa shape index (κ2) is 10.9. The number of sulfonamides is 1. The molecule has 0 bridgehead atoms. The molecule has 178 valence electrons. The molecule has 1 N–H and O–H groups in total. The van der Waals surface area contributed by atoms with Gasteiger partial charge in [-0.25, -0.2) is 12.8 Å². The smallest absolute Gasteiger partial charge is 0.264 e. The Balaban J connectivity index is 2.00. The zero-order valence-electron chi connectivity index (χ0n) is 18.9. The number of carbonyl (C=O) groups is 2. The van der Waals surface area contributed by atoms with Gasteiger partial charge in [-0.15, -0.1) is 0 Å². The maximum Gasteiger partial charge on any atom is 0.264 e. The number of rotatable bonds is 9. The molecule has 0 heterocycles. The highest BCUT2D eigenvalue weighted by Crippen LogP contribution is 2.24. The number of likely N-dealkylation sites (N-methyl/N-ethyl adjacent to an activating group) is 1. The molecule has 0 saturated heterocycles. The van der Waals surface area contributed by atoms with Gasteiger partial charge in [0.1, 0.15) is 18.4 Å². The Morgan fingerprint density at radius 2 is 1.47 bits per heavy atom. The van der Waals surface area contributed by atoms with Gasteiger partial charge in [-0.05, 0) is 48.9 Å².